The zero-order chi connectivity index (χ0) is 23.1. The van der Waals surface area contributed by atoms with Gasteiger partial charge in [-0.3, -0.25) is 18.5 Å². The third kappa shape index (κ3) is 3.62. The predicted molar refractivity (Wildman–Crippen MR) is 131 cm³/mol. The van der Waals surface area contributed by atoms with E-state index in [1.807, 2.05) is 48.7 Å². The van der Waals surface area contributed by atoms with Gasteiger partial charge in [0.15, 0.2) is 11.2 Å². The zero-order valence-corrected chi connectivity index (χ0v) is 19.1. The van der Waals surface area contributed by atoms with Crippen molar-refractivity contribution in [1.82, 2.24) is 23.7 Å². The van der Waals surface area contributed by atoms with Gasteiger partial charge in [-0.2, -0.15) is 4.98 Å². The largest absolute Gasteiger partial charge is 0.361 e. The fourth-order valence-corrected chi connectivity index (χ4v) is 4.38. The molecule has 8 nitrogen and oxygen atoms in total. The van der Waals surface area contributed by atoms with Crippen LogP contribution in [0.3, 0.4) is 0 Å². The van der Waals surface area contributed by atoms with Gasteiger partial charge in [0.05, 0.1) is 6.54 Å². The molecular weight excluding hydrogens is 440 g/mol. The number of benzene rings is 2. The summed E-state index contributed by atoms with van der Waals surface area (Å²) in [5.74, 6) is 0.517. The minimum absolute atomic E-state index is 0.338. The van der Waals surface area contributed by atoms with Gasteiger partial charge in [0.2, 0.25) is 5.95 Å². The van der Waals surface area contributed by atoms with Crippen LogP contribution in [-0.4, -0.2) is 30.2 Å². The first kappa shape index (κ1) is 21.1. The van der Waals surface area contributed by atoms with E-state index < -0.39 is 11.2 Å². The van der Waals surface area contributed by atoms with Crippen molar-refractivity contribution in [2.45, 2.75) is 13.0 Å². The summed E-state index contributed by atoms with van der Waals surface area (Å²) in [4.78, 5) is 33.4. The summed E-state index contributed by atoms with van der Waals surface area (Å²) in [6.45, 7) is 0.945. The van der Waals surface area contributed by atoms with Gasteiger partial charge in [0, 0.05) is 42.8 Å². The number of hydrogen-bond donors (Lipinski definition) is 2. The second kappa shape index (κ2) is 8.29. The number of imidazole rings is 1. The number of aromatic nitrogens is 5. The molecule has 3 aromatic heterocycles. The molecule has 0 fully saturated rings. The predicted octanol–water partition coefficient (Wildman–Crippen LogP) is 3.27. The van der Waals surface area contributed by atoms with Crippen molar-refractivity contribution >= 4 is 39.6 Å². The van der Waals surface area contributed by atoms with Crippen LogP contribution in [0, 0.1) is 0 Å². The van der Waals surface area contributed by atoms with E-state index in [0.717, 1.165) is 22.1 Å². The molecule has 0 unspecified atom stereocenters. The van der Waals surface area contributed by atoms with Crippen molar-refractivity contribution in [2.24, 2.45) is 14.1 Å². The number of nitrogens with zero attached hydrogens (tertiary/aromatic N) is 4. The number of para-hydroxylation sites is 1. The Hall–Kier alpha value is -3.78. The van der Waals surface area contributed by atoms with Gasteiger partial charge >= 0.3 is 5.69 Å². The fraction of sp³-hybridized carbons (Fsp3) is 0.208. The Morgan fingerprint density at radius 3 is 2.58 bits per heavy atom. The summed E-state index contributed by atoms with van der Waals surface area (Å²) < 4.78 is 4.29. The van der Waals surface area contributed by atoms with Crippen molar-refractivity contribution in [3.8, 4) is 0 Å². The topological polar surface area (TPSA) is 89.6 Å². The molecule has 0 atom stereocenters. The van der Waals surface area contributed by atoms with Gasteiger partial charge in [-0.15, -0.1) is 0 Å². The lowest BCUT2D eigenvalue weighted by Gasteiger charge is -2.12. The monoisotopic (exact) mass is 462 g/mol. The van der Waals surface area contributed by atoms with E-state index in [1.165, 1.54) is 22.6 Å². The van der Waals surface area contributed by atoms with E-state index >= 15 is 0 Å². The van der Waals surface area contributed by atoms with Gasteiger partial charge in [-0.05, 0) is 29.7 Å². The van der Waals surface area contributed by atoms with Gasteiger partial charge < -0.3 is 10.3 Å². The van der Waals surface area contributed by atoms with Crippen LogP contribution < -0.4 is 16.6 Å². The van der Waals surface area contributed by atoms with Crippen molar-refractivity contribution < 1.29 is 0 Å². The van der Waals surface area contributed by atoms with Gasteiger partial charge in [0.25, 0.3) is 5.56 Å². The molecule has 2 N–H and O–H groups in total. The second-order valence-corrected chi connectivity index (χ2v) is 8.43. The molecule has 0 amide bonds. The molecule has 3 heterocycles. The normalized spacial score (nSPS) is 11.5. The molecule has 0 saturated carbocycles. The first-order chi connectivity index (χ1) is 16.0. The highest BCUT2D eigenvalue weighted by Gasteiger charge is 2.20. The van der Waals surface area contributed by atoms with E-state index in [1.54, 1.807) is 11.6 Å². The van der Waals surface area contributed by atoms with Crippen LogP contribution >= 0.6 is 11.6 Å². The molecule has 9 heteroatoms. The molecule has 0 spiro atoms. The van der Waals surface area contributed by atoms with Crippen LogP contribution in [0.25, 0.3) is 22.1 Å². The molecule has 0 bridgehead atoms. The second-order valence-electron chi connectivity index (χ2n) is 8.03. The van der Waals surface area contributed by atoms with Crippen molar-refractivity contribution in [1.29, 1.82) is 0 Å². The lowest BCUT2D eigenvalue weighted by Crippen LogP contribution is -2.37. The van der Waals surface area contributed by atoms with E-state index in [2.05, 4.69) is 21.4 Å². The van der Waals surface area contributed by atoms with Crippen LogP contribution in [0.5, 0.6) is 0 Å². The van der Waals surface area contributed by atoms with Crippen LogP contribution in [0.2, 0.25) is 5.02 Å². The minimum Gasteiger partial charge on any atom is -0.361 e. The summed E-state index contributed by atoms with van der Waals surface area (Å²) >= 11 is 6.40. The number of rotatable bonds is 6. The maximum absolute atomic E-state index is 13.0. The first-order valence-electron chi connectivity index (χ1n) is 10.6. The molecular formula is C24H23ClN6O2. The average Bonchev–Trinajstić information content (AvgIpc) is 3.40. The number of halogens is 1. The summed E-state index contributed by atoms with van der Waals surface area (Å²) in [7, 11) is 3.09. The lowest BCUT2D eigenvalue weighted by atomic mass is 10.1. The molecule has 0 aliphatic carbocycles. The standard InChI is InChI=1S/C24H23ClN6O2/c1-29-21-20(22(32)30(2)24(29)33)31(14-16-7-3-5-9-18(16)25)23(28-21)26-12-11-15-13-27-19-10-6-4-8-17(15)19/h3-10,13,27H,11-12,14H2,1-2H3,(H,26,28). The summed E-state index contributed by atoms with van der Waals surface area (Å²) in [6.07, 6.45) is 2.77. The Morgan fingerprint density at radius 1 is 1.00 bits per heavy atom. The van der Waals surface area contributed by atoms with Crippen molar-refractivity contribution in [3.63, 3.8) is 0 Å². The SMILES string of the molecule is Cn1c(=O)c2c(nc(NCCc3c[nH]c4ccccc34)n2Cc2ccccc2Cl)n(C)c1=O. The average molecular weight is 463 g/mol. The molecule has 168 valence electrons. The first-order valence-corrected chi connectivity index (χ1v) is 11.0. The van der Waals surface area contributed by atoms with E-state index in [0.29, 0.717) is 35.2 Å². The van der Waals surface area contributed by atoms with Gasteiger partial charge in [-0.25, -0.2) is 4.79 Å². The van der Waals surface area contributed by atoms with Crippen LogP contribution in [0.1, 0.15) is 11.1 Å². The Kier molecular flexibility index (Phi) is 5.30. The summed E-state index contributed by atoms with van der Waals surface area (Å²) in [6, 6.07) is 15.7. The van der Waals surface area contributed by atoms with Crippen LogP contribution in [-0.2, 0) is 27.1 Å². The smallest absolute Gasteiger partial charge is 0.332 e. The highest BCUT2D eigenvalue weighted by molar-refractivity contribution is 6.31. The number of anilines is 1. The molecule has 33 heavy (non-hydrogen) atoms. The van der Waals surface area contributed by atoms with E-state index in [4.69, 9.17) is 11.6 Å². The number of aromatic amines is 1. The molecule has 0 radical (unpaired) electrons. The lowest BCUT2D eigenvalue weighted by molar-refractivity contribution is 0.702. The number of H-pyrrole nitrogens is 1. The minimum atomic E-state index is -0.416. The third-order valence-electron chi connectivity index (χ3n) is 5.99. The molecule has 0 aliphatic rings. The molecule has 2 aromatic carbocycles. The Balaban J connectivity index is 1.55. The zero-order valence-electron chi connectivity index (χ0n) is 18.3. The Morgan fingerprint density at radius 2 is 1.76 bits per heavy atom. The van der Waals surface area contributed by atoms with Crippen molar-refractivity contribution in [3.05, 3.63) is 91.7 Å². The van der Waals surface area contributed by atoms with Crippen molar-refractivity contribution in [2.75, 3.05) is 11.9 Å². The highest BCUT2D eigenvalue weighted by atomic mass is 35.5. The van der Waals surface area contributed by atoms with Gasteiger partial charge in [-0.1, -0.05) is 48.0 Å². The molecule has 0 aliphatic heterocycles. The number of hydrogen-bond acceptors (Lipinski definition) is 4. The third-order valence-corrected chi connectivity index (χ3v) is 6.36. The maximum atomic E-state index is 13.0. The number of nitrogens with one attached hydrogen (secondary N) is 2. The number of aryl methyl sites for hydroxylation is 1. The van der Waals surface area contributed by atoms with E-state index in [-0.39, 0.29) is 0 Å². The van der Waals surface area contributed by atoms with Gasteiger partial charge in [0.1, 0.15) is 0 Å². The highest BCUT2D eigenvalue weighted by Crippen LogP contribution is 2.23. The van der Waals surface area contributed by atoms with E-state index in [9.17, 15) is 9.59 Å². The summed E-state index contributed by atoms with van der Waals surface area (Å²) in [5.41, 5.74) is 3.03. The molecule has 5 aromatic rings. The van der Waals surface area contributed by atoms with Crippen LogP contribution in [0.4, 0.5) is 5.95 Å². The van der Waals surface area contributed by atoms with Crippen LogP contribution in [0.15, 0.2) is 64.3 Å². The fourth-order valence-electron chi connectivity index (χ4n) is 4.18. The number of fused-ring (bicyclic) bond motifs is 2. The summed E-state index contributed by atoms with van der Waals surface area (Å²) in [5, 5.41) is 5.15. The Labute approximate surface area is 194 Å². The molecule has 0 saturated heterocycles. The maximum Gasteiger partial charge on any atom is 0.332 e. The molecule has 5 rings (SSSR count). The quantitative estimate of drug-likeness (QED) is 0.405. The Bertz CT molecular complexity index is 1610.